The third-order valence-electron chi connectivity index (χ3n) is 4.65. The van der Waals surface area contributed by atoms with Crippen LogP contribution in [0.5, 0.6) is 0 Å². The molecule has 0 N–H and O–H groups in total. The van der Waals surface area contributed by atoms with Crippen LogP contribution in [0.3, 0.4) is 0 Å². The summed E-state index contributed by atoms with van der Waals surface area (Å²) in [6.07, 6.45) is 3.82. The van der Waals surface area contributed by atoms with Crippen LogP contribution in [0.1, 0.15) is 48.9 Å². The van der Waals surface area contributed by atoms with Gasteiger partial charge in [0, 0.05) is 17.5 Å². The smallest absolute Gasteiger partial charge is 0.307 e. The van der Waals surface area contributed by atoms with E-state index in [0.717, 1.165) is 48.7 Å². The molecule has 6 heteroatoms. The number of hydrogen-bond acceptors (Lipinski definition) is 6. The van der Waals surface area contributed by atoms with Gasteiger partial charge in [-0.2, -0.15) is 0 Å². The summed E-state index contributed by atoms with van der Waals surface area (Å²) in [7, 11) is 0. The van der Waals surface area contributed by atoms with Gasteiger partial charge in [0.1, 0.15) is 5.76 Å². The highest BCUT2D eigenvalue weighted by Gasteiger charge is 2.27. The summed E-state index contributed by atoms with van der Waals surface area (Å²) < 4.78 is 11.0. The molecule has 2 aromatic rings. The maximum Gasteiger partial charge on any atom is 0.307 e. The molecule has 3 heterocycles. The maximum absolute atomic E-state index is 11.9. The largest absolute Gasteiger partial charge is 0.466 e. The van der Waals surface area contributed by atoms with Crippen molar-refractivity contribution in [2.45, 2.75) is 59.0 Å². The van der Waals surface area contributed by atoms with E-state index in [1.54, 1.807) is 11.3 Å². The van der Waals surface area contributed by atoms with E-state index >= 15 is 0 Å². The molecule has 25 heavy (non-hydrogen) atoms. The average molecular weight is 362 g/mol. The van der Waals surface area contributed by atoms with E-state index in [9.17, 15) is 4.79 Å². The zero-order valence-electron chi connectivity index (χ0n) is 15.2. The first kappa shape index (κ1) is 18.1. The third-order valence-corrected chi connectivity index (χ3v) is 5.64. The standard InChI is InChI=1S/C19H26N2O3S/c1-4-23-18(22)11-15-7-5-6-10-21(15)12-16-14(3)24-19(20-16)17-9-8-13(2)25-17/h8-9,15H,4-7,10-12H2,1-3H3/t15-/m0/s1. The first-order valence-electron chi connectivity index (χ1n) is 8.99. The van der Waals surface area contributed by atoms with E-state index in [2.05, 4.69) is 24.0 Å². The number of aromatic nitrogens is 1. The second-order valence-corrected chi connectivity index (χ2v) is 7.85. The average Bonchev–Trinajstić information content (AvgIpc) is 3.16. The fraction of sp³-hybridized carbons (Fsp3) is 0.579. The van der Waals surface area contributed by atoms with Gasteiger partial charge in [-0.25, -0.2) is 4.98 Å². The zero-order valence-corrected chi connectivity index (χ0v) is 16.0. The molecule has 136 valence electrons. The van der Waals surface area contributed by atoms with Crippen molar-refractivity contribution in [3.05, 3.63) is 28.5 Å². The van der Waals surface area contributed by atoms with Crippen molar-refractivity contribution in [3.8, 4) is 10.8 Å². The second kappa shape index (κ2) is 8.15. The molecule has 0 unspecified atom stereocenters. The minimum absolute atomic E-state index is 0.106. The Bertz CT molecular complexity index is 722. The molecular formula is C19H26N2O3S. The predicted octanol–water partition coefficient (Wildman–Crippen LogP) is 4.33. The zero-order chi connectivity index (χ0) is 17.8. The van der Waals surface area contributed by atoms with E-state index in [1.165, 1.54) is 4.88 Å². The van der Waals surface area contributed by atoms with Crippen molar-refractivity contribution in [2.75, 3.05) is 13.2 Å². The van der Waals surface area contributed by atoms with Gasteiger partial charge in [0.05, 0.1) is 23.6 Å². The van der Waals surface area contributed by atoms with Gasteiger partial charge in [0.15, 0.2) is 0 Å². The van der Waals surface area contributed by atoms with Crippen molar-refractivity contribution >= 4 is 17.3 Å². The summed E-state index contributed by atoms with van der Waals surface area (Å²) in [4.78, 5) is 21.3. The molecule has 0 saturated carbocycles. The molecule has 1 aliphatic rings. The number of hydrogen-bond donors (Lipinski definition) is 0. The highest BCUT2D eigenvalue weighted by atomic mass is 32.1. The number of piperidine rings is 1. The summed E-state index contributed by atoms with van der Waals surface area (Å²) in [6, 6.07) is 4.37. The number of likely N-dealkylation sites (tertiary alicyclic amines) is 1. The van der Waals surface area contributed by atoms with Gasteiger partial charge in [-0.15, -0.1) is 11.3 Å². The number of aryl methyl sites for hydroxylation is 2. The molecule has 0 spiro atoms. The quantitative estimate of drug-likeness (QED) is 0.716. The van der Waals surface area contributed by atoms with Gasteiger partial charge in [-0.05, 0) is 52.3 Å². The number of thiophene rings is 1. The predicted molar refractivity (Wildman–Crippen MR) is 98.6 cm³/mol. The molecule has 1 aliphatic heterocycles. The molecule has 0 aliphatic carbocycles. The first-order chi connectivity index (χ1) is 12.1. The molecule has 1 fully saturated rings. The lowest BCUT2D eigenvalue weighted by Crippen LogP contribution is -2.40. The number of esters is 1. The van der Waals surface area contributed by atoms with Crippen molar-refractivity contribution < 1.29 is 13.9 Å². The number of oxazole rings is 1. The Morgan fingerprint density at radius 1 is 1.40 bits per heavy atom. The first-order valence-corrected chi connectivity index (χ1v) is 9.81. The summed E-state index contributed by atoms with van der Waals surface area (Å²) >= 11 is 1.69. The number of nitrogens with zero attached hydrogens (tertiary/aromatic N) is 2. The van der Waals surface area contributed by atoms with E-state index in [-0.39, 0.29) is 12.0 Å². The molecule has 0 amide bonds. The van der Waals surface area contributed by atoms with Crippen LogP contribution in [0, 0.1) is 13.8 Å². The van der Waals surface area contributed by atoms with Crippen molar-refractivity contribution in [1.29, 1.82) is 0 Å². The minimum Gasteiger partial charge on any atom is -0.466 e. The number of carbonyl (C=O) groups is 1. The third kappa shape index (κ3) is 4.50. The number of ether oxygens (including phenoxy) is 1. The summed E-state index contributed by atoms with van der Waals surface area (Å²) in [5, 5.41) is 0. The highest BCUT2D eigenvalue weighted by molar-refractivity contribution is 7.15. The van der Waals surface area contributed by atoms with Crippen LogP contribution in [0.25, 0.3) is 10.8 Å². The van der Waals surface area contributed by atoms with Crippen LogP contribution in [-0.2, 0) is 16.1 Å². The van der Waals surface area contributed by atoms with E-state index in [1.807, 2.05) is 13.8 Å². The summed E-state index contributed by atoms with van der Waals surface area (Å²) in [5.74, 6) is 1.46. The van der Waals surface area contributed by atoms with Crippen LogP contribution >= 0.6 is 11.3 Å². The second-order valence-electron chi connectivity index (χ2n) is 6.56. The molecule has 5 nitrogen and oxygen atoms in total. The fourth-order valence-electron chi connectivity index (χ4n) is 3.33. The van der Waals surface area contributed by atoms with Gasteiger partial charge in [-0.3, -0.25) is 9.69 Å². The fourth-order valence-corrected chi connectivity index (χ4v) is 4.13. The van der Waals surface area contributed by atoms with Gasteiger partial charge in [0.25, 0.3) is 0 Å². The van der Waals surface area contributed by atoms with Crippen LogP contribution < -0.4 is 0 Å². The lowest BCUT2D eigenvalue weighted by molar-refractivity contribution is -0.145. The van der Waals surface area contributed by atoms with Gasteiger partial charge in [-0.1, -0.05) is 6.42 Å². The van der Waals surface area contributed by atoms with Gasteiger partial charge < -0.3 is 9.15 Å². The van der Waals surface area contributed by atoms with Crippen LogP contribution in [-0.4, -0.2) is 35.0 Å². The summed E-state index contributed by atoms with van der Waals surface area (Å²) in [5.41, 5.74) is 0.969. The lowest BCUT2D eigenvalue weighted by Gasteiger charge is -2.34. The highest BCUT2D eigenvalue weighted by Crippen LogP contribution is 2.30. The Morgan fingerprint density at radius 2 is 2.24 bits per heavy atom. The maximum atomic E-state index is 11.9. The summed E-state index contributed by atoms with van der Waals surface area (Å²) in [6.45, 7) is 8.06. The van der Waals surface area contributed by atoms with Gasteiger partial charge >= 0.3 is 5.97 Å². The van der Waals surface area contributed by atoms with E-state index in [0.29, 0.717) is 18.9 Å². The van der Waals surface area contributed by atoms with E-state index in [4.69, 9.17) is 14.1 Å². The van der Waals surface area contributed by atoms with E-state index < -0.39 is 0 Å². The SMILES string of the molecule is CCOC(=O)C[C@@H]1CCCCN1Cc1nc(-c2ccc(C)s2)oc1C. The van der Waals surface area contributed by atoms with Crippen LogP contribution in [0.15, 0.2) is 16.5 Å². The van der Waals surface area contributed by atoms with Crippen molar-refractivity contribution in [1.82, 2.24) is 9.88 Å². The topological polar surface area (TPSA) is 55.6 Å². The number of rotatable bonds is 6. The Hall–Kier alpha value is -1.66. The van der Waals surface area contributed by atoms with Crippen LogP contribution in [0.4, 0.5) is 0 Å². The molecule has 0 aromatic carbocycles. The molecule has 3 rings (SSSR count). The van der Waals surface area contributed by atoms with Crippen molar-refractivity contribution in [2.24, 2.45) is 0 Å². The molecular weight excluding hydrogens is 336 g/mol. The molecule has 0 bridgehead atoms. The minimum atomic E-state index is -0.106. The Labute approximate surface area is 153 Å². The molecule has 2 aromatic heterocycles. The Kier molecular flexibility index (Phi) is 5.91. The lowest BCUT2D eigenvalue weighted by atomic mass is 9.99. The van der Waals surface area contributed by atoms with Crippen molar-refractivity contribution in [3.63, 3.8) is 0 Å². The van der Waals surface area contributed by atoms with Crippen LogP contribution in [0.2, 0.25) is 0 Å². The number of carbonyl (C=O) groups excluding carboxylic acids is 1. The molecule has 1 saturated heterocycles. The normalized spacial score (nSPS) is 18.4. The monoisotopic (exact) mass is 362 g/mol. The molecule has 1 atom stereocenters. The Balaban J connectivity index is 1.71. The molecule has 0 radical (unpaired) electrons. The van der Waals surface area contributed by atoms with Gasteiger partial charge in [0.2, 0.25) is 5.89 Å². The Morgan fingerprint density at radius 3 is 2.96 bits per heavy atom.